The van der Waals surface area contributed by atoms with E-state index in [2.05, 4.69) is 11.4 Å². The van der Waals surface area contributed by atoms with E-state index in [1.807, 2.05) is 69.3 Å². The zero-order valence-electron chi connectivity index (χ0n) is 20.5. The second-order valence-electron chi connectivity index (χ2n) is 10.2. The van der Waals surface area contributed by atoms with Gasteiger partial charge in [0.05, 0.1) is 11.7 Å². The molecule has 2 aromatic carbocycles. The number of halogens is 1. The molecule has 1 aliphatic rings. The van der Waals surface area contributed by atoms with Gasteiger partial charge in [0.1, 0.15) is 5.60 Å². The predicted molar refractivity (Wildman–Crippen MR) is 139 cm³/mol. The van der Waals surface area contributed by atoms with Crippen LogP contribution in [0.5, 0.6) is 0 Å². The summed E-state index contributed by atoms with van der Waals surface area (Å²) in [6, 6.07) is 21.0. The molecule has 3 aromatic rings. The van der Waals surface area contributed by atoms with Gasteiger partial charge in [-0.3, -0.25) is 4.79 Å². The van der Waals surface area contributed by atoms with Gasteiger partial charge in [-0.15, -0.1) is 0 Å². The topological polar surface area (TPSA) is 73.2 Å². The summed E-state index contributed by atoms with van der Waals surface area (Å²) in [4.78, 5) is 25.2. The van der Waals surface area contributed by atoms with Crippen LogP contribution in [-0.2, 0) is 10.2 Å². The number of carbonyl (C=O) groups excluding carboxylic acids is 1. The first-order chi connectivity index (χ1) is 16.7. The van der Waals surface area contributed by atoms with Crippen LogP contribution in [0.3, 0.4) is 0 Å². The van der Waals surface area contributed by atoms with E-state index >= 15 is 0 Å². The zero-order chi connectivity index (χ0) is 25.1. The largest absolute Gasteiger partial charge is 0.444 e. The van der Waals surface area contributed by atoms with Crippen molar-refractivity contribution in [3.8, 4) is 11.3 Å². The molecule has 0 spiro atoms. The van der Waals surface area contributed by atoms with Crippen molar-refractivity contribution in [2.75, 3.05) is 6.54 Å². The number of amides is 1. The Bertz CT molecular complexity index is 1230. The highest BCUT2D eigenvalue weighted by Gasteiger charge is 2.38. The number of hydrogen-bond donors (Lipinski definition) is 1. The van der Waals surface area contributed by atoms with Crippen molar-refractivity contribution in [3.63, 3.8) is 0 Å². The number of carbonyl (C=O) groups is 1. The Labute approximate surface area is 211 Å². The smallest absolute Gasteiger partial charge is 0.407 e. The van der Waals surface area contributed by atoms with Gasteiger partial charge in [0.25, 0.3) is 5.56 Å². The van der Waals surface area contributed by atoms with Crippen LogP contribution in [0.15, 0.2) is 71.5 Å². The fraction of sp³-hybridized carbons (Fsp3) is 0.393. The molecular weight excluding hydrogens is 462 g/mol. The normalized spacial score (nSPS) is 20.3. The van der Waals surface area contributed by atoms with Crippen LogP contribution in [0.2, 0.25) is 5.02 Å². The number of nitrogens with zero attached hydrogens (tertiary/aromatic N) is 2. The molecule has 0 atom stereocenters. The fourth-order valence-electron chi connectivity index (χ4n) is 4.79. The van der Waals surface area contributed by atoms with Crippen LogP contribution in [0.4, 0.5) is 4.79 Å². The van der Waals surface area contributed by atoms with Gasteiger partial charge in [0, 0.05) is 28.6 Å². The first-order valence-corrected chi connectivity index (χ1v) is 12.4. The molecule has 184 valence electrons. The molecule has 1 heterocycles. The van der Waals surface area contributed by atoms with Gasteiger partial charge in [-0.05, 0) is 70.2 Å². The molecule has 1 saturated carbocycles. The van der Waals surface area contributed by atoms with Crippen LogP contribution in [0, 0.1) is 0 Å². The van der Waals surface area contributed by atoms with Crippen LogP contribution in [-0.4, -0.2) is 28.0 Å². The van der Waals surface area contributed by atoms with Crippen molar-refractivity contribution in [3.05, 3.63) is 87.7 Å². The minimum Gasteiger partial charge on any atom is -0.444 e. The van der Waals surface area contributed by atoms with E-state index in [0.717, 1.165) is 42.5 Å². The molecule has 6 nitrogen and oxygen atoms in total. The van der Waals surface area contributed by atoms with Crippen molar-refractivity contribution >= 4 is 17.7 Å². The van der Waals surface area contributed by atoms with Crippen molar-refractivity contribution < 1.29 is 9.53 Å². The van der Waals surface area contributed by atoms with E-state index in [0.29, 0.717) is 11.6 Å². The molecule has 7 heteroatoms. The van der Waals surface area contributed by atoms with Gasteiger partial charge in [0.15, 0.2) is 0 Å². The number of ether oxygens (including phenoxy) is 1. The average molecular weight is 494 g/mol. The Hall–Kier alpha value is -3.12. The lowest BCUT2D eigenvalue weighted by molar-refractivity contribution is 0.0504. The molecule has 1 fully saturated rings. The molecule has 1 amide bonds. The minimum atomic E-state index is -0.568. The lowest BCUT2D eigenvalue weighted by atomic mass is 9.68. The molecule has 1 aromatic heterocycles. The van der Waals surface area contributed by atoms with Crippen LogP contribution >= 0.6 is 11.6 Å². The van der Waals surface area contributed by atoms with E-state index in [4.69, 9.17) is 21.4 Å². The number of rotatable bonds is 5. The summed E-state index contributed by atoms with van der Waals surface area (Å²) < 4.78 is 7.09. The molecule has 0 bridgehead atoms. The maximum absolute atomic E-state index is 12.7. The third-order valence-corrected chi connectivity index (χ3v) is 6.79. The Balaban J connectivity index is 1.56. The highest BCUT2D eigenvalue weighted by Crippen LogP contribution is 2.43. The molecule has 0 saturated heterocycles. The highest BCUT2D eigenvalue weighted by molar-refractivity contribution is 6.30. The Morgan fingerprint density at radius 3 is 2.46 bits per heavy atom. The number of aromatic nitrogens is 2. The molecule has 1 aliphatic carbocycles. The second-order valence-corrected chi connectivity index (χ2v) is 10.7. The Morgan fingerprint density at radius 1 is 1.09 bits per heavy atom. The third kappa shape index (κ3) is 6.12. The van der Waals surface area contributed by atoms with Crippen LogP contribution < -0.4 is 10.9 Å². The Morgan fingerprint density at radius 2 is 1.80 bits per heavy atom. The number of nitrogens with one attached hydrogen (secondary N) is 1. The summed E-state index contributed by atoms with van der Waals surface area (Å²) >= 11 is 6.33. The van der Waals surface area contributed by atoms with Crippen LogP contribution in [0.1, 0.15) is 58.1 Å². The molecular formula is C28H32ClN3O3. The molecule has 0 radical (unpaired) electrons. The van der Waals surface area contributed by atoms with Gasteiger partial charge in [0.2, 0.25) is 0 Å². The molecule has 1 N–H and O–H groups in total. The van der Waals surface area contributed by atoms with E-state index in [9.17, 15) is 9.59 Å². The van der Waals surface area contributed by atoms with Crippen LogP contribution in [0.25, 0.3) is 11.3 Å². The standard InChI is InChI=1S/C28H32ClN3O3/c1-27(2,3)35-26(34)30-19-28(21-10-7-11-22(29)18-21)16-14-23(15-17-28)32-25(33)13-12-24(31-32)20-8-5-4-6-9-20/h4-13,18,23H,14-17,19H2,1-3H3,(H,30,34). The zero-order valence-corrected chi connectivity index (χ0v) is 21.2. The maximum Gasteiger partial charge on any atom is 0.407 e. The molecule has 0 aliphatic heterocycles. The van der Waals surface area contributed by atoms with Gasteiger partial charge in [-0.1, -0.05) is 54.1 Å². The number of alkyl carbamates (subject to hydrolysis) is 1. The van der Waals surface area contributed by atoms with E-state index in [1.165, 1.54) is 0 Å². The van der Waals surface area contributed by atoms with Gasteiger partial charge < -0.3 is 10.1 Å². The average Bonchev–Trinajstić information content (AvgIpc) is 2.83. The van der Waals surface area contributed by atoms with Crippen molar-refractivity contribution in [2.24, 2.45) is 0 Å². The van der Waals surface area contributed by atoms with Gasteiger partial charge >= 0.3 is 6.09 Å². The third-order valence-electron chi connectivity index (χ3n) is 6.56. The van der Waals surface area contributed by atoms with E-state index in [1.54, 1.807) is 16.8 Å². The monoisotopic (exact) mass is 493 g/mol. The molecule has 35 heavy (non-hydrogen) atoms. The maximum atomic E-state index is 12.7. The summed E-state index contributed by atoms with van der Waals surface area (Å²) in [5.74, 6) is 0. The van der Waals surface area contributed by atoms with Gasteiger partial charge in [-0.2, -0.15) is 5.10 Å². The Kier molecular flexibility index (Phi) is 7.31. The van der Waals surface area contributed by atoms with E-state index in [-0.39, 0.29) is 17.0 Å². The molecule has 4 rings (SSSR count). The quantitative estimate of drug-likeness (QED) is 0.463. The van der Waals surface area contributed by atoms with E-state index < -0.39 is 11.7 Å². The summed E-state index contributed by atoms with van der Waals surface area (Å²) in [5.41, 5.74) is 1.87. The number of benzene rings is 2. The predicted octanol–water partition coefficient (Wildman–Crippen LogP) is 6.14. The van der Waals surface area contributed by atoms with Crippen molar-refractivity contribution in [1.29, 1.82) is 0 Å². The summed E-state index contributed by atoms with van der Waals surface area (Å²) in [5, 5.41) is 8.35. The number of hydrogen-bond acceptors (Lipinski definition) is 4. The first kappa shape index (κ1) is 25.0. The highest BCUT2D eigenvalue weighted by atomic mass is 35.5. The minimum absolute atomic E-state index is 0.0139. The lowest BCUT2D eigenvalue weighted by Gasteiger charge is -2.41. The SMILES string of the molecule is CC(C)(C)OC(=O)NCC1(c2cccc(Cl)c2)CCC(n2nc(-c3ccccc3)ccc2=O)CC1. The van der Waals surface area contributed by atoms with Crippen molar-refractivity contribution in [1.82, 2.24) is 15.1 Å². The summed E-state index contributed by atoms with van der Waals surface area (Å²) in [6.45, 7) is 5.97. The van der Waals surface area contributed by atoms with Gasteiger partial charge in [-0.25, -0.2) is 9.48 Å². The fourth-order valence-corrected chi connectivity index (χ4v) is 4.98. The lowest BCUT2D eigenvalue weighted by Crippen LogP contribution is -2.45. The summed E-state index contributed by atoms with van der Waals surface area (Å²) in [6.07, 6.45) is 2.63. The molecule has 0 unspecified atom stereocenters. The second kappa shape index (κ2) is 10.2. The van der Waals surface area contributed by atoms with Crippen molar-refractivity contribution in [2.45, 2.75) is 63.5 Å². The summed E-state index contributed by atoms with van der Waals surface area (Å²) in [7, 11) is 0. The first-order valence-electron chi connectivity index (χ1n) is 12.0.